The topological polar surface area (TPSA) is 18.5 Å². The first-order chi connectivity index (χ1) is 6.57. The third-order valence-electron chi connectivity index (χ3n) is 2.13. The standard InChI is InChI=1S/C10H28O2Si3/c1-9-13(10(2)3)11-15(7,8)12-14(4,5)6/h10,13H,9H2,1-8H3. The second-order valence-electron chi connectivity index (χ2n) is 5.92. The fourth-order valence-electron chi connectivity index (χ4n) is 1.82. The average molecular weight is 265 g/mol. The molecule has 5 heteroatoms. The van der Waals surface area contributed by atoms with Crippen LogP contribution in [-0.4, -0.2) is 25.9 Å². The highest BCUT2D eigenvalue weighted by molar-refractivity contribution is 6.84. The minimum atomic E-state index is -1.86. The summed E-state index contributed by atoms with van der Waals surface area (Å²) in [5.41, 5.74) is 0.715. The molecule has 2 nitrogen and oxygen atoms in total. The van der Waals surface area contributed by atoms with E-state index in [0.717, 1.165) is 0 Å². The van der Waals surface area contributed by atoms with Crippen molar-refractivity contribution < 1.29 is 8.23 Å². The molecule has 0 aromatic rings. The van der Waals surface area contributed by atoms with Gasteiger partial charge in [0.1, 0.15) is 0 Å². The Balaban J connectivity index is 4.35. The largest absolute Gasteiger partial charge is 0.439 e. The summed E-state index contributed by atoms with van der Waals surface area (Å²) in [7, 11) is -4.35. The maximum Gasteiger partial charge on any atom is 0.311 e. The fraction of sp³-hybridized carbons (Fsp3) is 1.00. The fourth-order valence-corrected chi connectivity index (χ4v) is 14.0. The Morgan fingerprint density at radius 1 is 1.07 bits per heavy atom. The summed E-state index contributed by atoms with van der Waals surface area (Å²) in [6.45, 7) is 17.9. The van der Waals surface area contributed by atoms with E-state index < -0.39 is 25.9 Å². The van der Waals surface area contributed by atoms with Crippen molar-refractivity contribution in [2.24, 2.45) is 0 Å². The Labute approximate surface area is 99.5 Å². The third kappa shape index (κ3) is 7.46. The van der Waals surface area contributed by atoms with Crippen molar-refractivity contribution in [3.8, 4) is 0 Å². The van der Waals surface area contributed by atoms with Gasteiger partial charge in [0.15, 0.2) is 17.4 Å². The molecule has 0 aliphatic rings. The van der Waals surface area contributed by atoms with E-state index in [4.69, 9.17) is 8.23 Å². The molecule has 0 spiro atoms. The van der Waals surface area contributed by atoms with Crippen LogP contribution in [-0.2, 0) is 8.23 Å². The summed E-state index contributed by atoms with van der Waals surface area (Å²) in [6, 6.07) is 1.21. The van der Waals surface area contributed by atoms with Crippen molar-refractivity contribution in [2.45, 2.75) is 65.1 Å². The van der Waals surface area contributed by atoms with Crippen LogP contribution in [0.1, 0.15) is 20.8 Å². The van der Waals surface area contributed by atoms with Crippen LogP contribution in [0, 0.1) is 0 Å². The first-order valence-corrected chi connectivity index (χ1v) is 14.1. The van der Waals surface area contributed by atoms with Crippen molar-refractivity contribution in [3.63, 3.8) is 0 Å². The van der Waals surface area contributed by atoms with Crippen LogP contribution >= 0.6 is 0 Å². The first kappa shape index (κ1) is 15.6. The van der Waals surface area contributed by atoms with Gasteiger partial charge >= 0.3 is 8.56 Å². The van der Waals surface area contributed by atoms with Gasteiger partial charge in [-0.2, -0.15) is 0 Å². The van der Waals surface area contributed by atoms with Crippen molar-refractivity contribution in [1.82, 2.24) is 0 Å². The number of rotatable bonds is 6. The van der Waals surface area contributed by atoms with Gasteiger partial charge in [-0.3, -0.25) is 0 Å². The SMILES string of the molecule is CC[SiH](O[Si](C)(C)O[Si](C)(C)C)C(C)C. The Kier molecular flexibility index (Phi) is 5.99. The van der Waals surface area contributed by atoms with E-state index >= 15 is 0 Å². The molecule has 1 unspecified atom stereocenters. The zero-order valence-electron chi connectivity index (χ0n) is 11.7. The van der Waals surface area contributed by atoms with E-state index in [1.54, 1.807) is 0 Å². The van der Waals surface area contributed by atoms with Crippen molar-refractivity contribution >= 4 is 25.9 Å². The van der Waals surface area contributed by atoms with E-state index in [-0.39, 0.29) is 0 Å². The van der Waals surface area contributed by atoms with E-state index in [1.165, 1.54) is 6.04 Å². The van der Waals surface area contributed by atoms with Crippen molar-refractivity contribution in [2.75, 3.05) is 0 Å². The van der Waals surface area contributed by atoms with E-state index in [2.05, 4.69) is 53.5 Å². The zero-order chi connectivity index (χ0) is 12.3. The normalized spacial score (nSPS) is 15.8. The van der Waals surface area contributed by atoms with Gasteiger partial charge in [0, 0.05) is 0 Å². The van der Waals surface area contributed by atoms with E-state index in [9.17, 15) is 0 Å². The van der Waals surface area contributed by atoms with Gasteiger partial charge in [0.2, 0.25) is 0 Å². The molecule has 0 saturated heterocycles. The minimum Gasteiger partial charge on any atom is -0.439 e. The average Bonchev–Trinajstić information content (AvgIpc) is 1.94. The van der Waals surface area contributed by atoms with Gasteiger partial charge in [-0.15, -0.1) is 0 Å². The van der Waals surface area contributed by atoms with Crippen LogP contribution in [0.5, 0.6) is 0 Å². The monoisotopic (exact) mass is 264 g/mol. The Bertz CT molecular complexity index is 188. The minimum absolute atomic E-state index is 0.715. The molecule has 0 aliphatic carbocycles. The van der Waals surface area contributed by atoms with Crippen molar-refractivity contribution in [3.05, 3.63) is 0 Å². The Morgan fingerprint density at radius 3 is 1.80 bits per heavy atom. The predicted octanol–water partition coefficient (Wildman–Crippen LogP) is 3.71. The summed E-state index contributed by atoms with van der Waals surface area (Å²) in [4.78, 5) is 0. The van der Waals surface area contributed by atoms with Gasteiger partial charge in [-0.25, -0.2) is 0 Å². The van der Waals surface area contributed by atoms with E-state index in [1.807, 2.05) is 0 Å². The molecule has 0 radical (unpaired) electrons. The van der Waals surface area contributed by atoms with Crippen LogP contribution < -0.4 is 0 Å². The molecule has 1 atom stereocenters. The van der Waals surface area contributed by atoms with Crippen LogP contribution in [0.2, 0.25) is 44.3 Å². The molecule has 0 fully saturated rings. The molecule has 0 amide bonds. The van der Waals surface area contributed by atoms with E-state index in [0.29, 0.717) is 5.54 Å². The molecule has 0 bridgehead atoms. The number of hydrogen-bond acceptors (Lipinski definition) is 2. The highest BCUT2D eigenvalue weighted by atomic mass is 28.5. The molecule has 0 saturated carbocycles. The second-order valence-corrected chi connectivity index (χ2v) is 17.9. The molecule has 15 heavy (non-hydrogen) atoms. The number of hydrogen-bond donors (Lipinski definition) is 0. The molecular formula is C10H28O2Si3. The maximum absolute atomic E-state index is 6.31. The van der Waals surface area contributed by atoms with Crippen LogP contribution in [0.25, 0.3) is 0 Å². The third-order valence-corrected chi connectivity index (χ3v) is 12.3. The highest BCUT2D eigenvalue weighted by Crippen LogP contribution is 2.21. The van der Waals surface area contributed by atoms with Gasteiger partial charge in [0.25, 0.3) is 0 Å². The summed E-state index contributed by atoms with van der Waals surface area (Å²) in [5, 5.41) is 0. The van der Waals surface area contributed by atoms with Gasteiger partial charge < -0.3 is 8.23 Å². The Hall–Kier alpha value is 0.571. The quantitative estimate of drug-likeness (QED) is 0.681. The highest BCUT2D eigenvalue weighted by Gasteiger charge is 2.34. The Morgan fingerprint density at radius 2 is 1.53 bits per heavy atom. The van der Waals surface area contributed by atoms with Gasteiger partial charge in [0.05, 0.1) is 0 Å². The lowest BCUT2D eigenvalue weighted by atomic mass is 10.6. The molecule has 0 aromatic carbocycles. The maximum atomic E-state index is 6.31. The molecule has 0 heterocycles. The lowest BCUT2D eigenvalue weighted by molar-refractivity contribution is 0.395. The summed E-state index contributed by atoms with van der Waals surface area (Å²) in [6.07, 6.45) is 0. The van der Waals surface area contributed by atoms with Gasteiger partial charge in [-0.05, 0) is 44.3 Å². The molecule has 0 aliphatic heterocycles. The molecule has 0 rings (SSSR count). The van der Waals surface area contributed by atoms with Crippen LogP contribution in [0.3, 0.4) is 0 Å². The molecule has 0 aromatic heterocycles. The smallest absolute Gasteiger partial charge is 0.311 e. The molecular weight excluding hydrogens is 236 g/mol. The summed E-state index contributed by atoms with van der Waals surface area (Å²) < 4.78 is 12.5. The van der Waals surface area contributed by atoms with Crippen LogP contribution in [0.15, 0.2) is 0 Å². The summed E-state index contributed by atoms with van der Waals surface area (Å²) in [5.74, 6) is 0. The van der Waals surface area contributed by atoms with Crippen molar-refractivity contribution in [1.29, 1.82) is 0 Å². The predicted molar refractivity (Wildman–Crippen MR) is 75.7 cm³/mol. The zero-order valence-corrected chi connectivity index (χ0v) is 14.8. The summed E-state index contributed by atoms with van der Waals surface area (Å²) >= 11 is 0. The lowest BCUT2D eigenvalue weighted by Crippen LogP contribution is -2.48. The van der Waals surface area contributed by atoms with Gasteiger partial charge in [-0.1, -0.05) is 20.8 Å². The lowest BCUT2D eigenvalue weighted by Gasteiger charge is -2.35. The van der Waals surface area contributed by atoms with Crippen LogP contribution in [0.4, 0.5) is 0 Å². The second kappa shape index (κ2) is 5.77. The molecule has 0 N–H and O–H groups in total. The molecule has 92 valence electrons. The first-order valence-electron chi connectivity index (χ1n) is 5.95.